The number of benzene rings is 2. The normalized spacial score (nSPS) is 11.5. The molecule has 0 amide bonds. The third-order valence-electron chi connectivity index (χ3n) is 3.63. The van der Waals surface area contributed by atoms with Gasteiger partial charge in [-0.3, -0.25) is 0 Å². The van der Waals surface area contributed by atoms with Gasteiger partial charge in [-0.05, 0) is 23.4 Å². The maximum absolute atomic E-state index is 9.23. The highest BCUT2D eigenvalue weighted by Crippen LogP contribution is 2.25. The van der Waals surface area contributed by atoms with Crippen molar-refractivity contribution in [1.82, 2.24) is 25.6 Å². The first kappa shape index (κ1) is 13.8. The van der Waals surface area contributed by atoms with Crippen molar-refractivity contribution in [2.45, 2.75) is 0 Å². The van der Waals surface area contributed by atoms with Gasteiger partial charge in [0.15, 0.2) is 0 Å². The summed E-state index contributed by atoms with van der Waals surface area (Å²) < 4.78 is 0. The van der Waals surface area contributed by atoms with Crippen LogP contribution in [0.4, 0.5) is 5.69 Å². The molecule has 0 saturated carbocycles. The lowest BCUT2D eigenvalue weighted by Gasteiger charge is -2.07. The number of fused-ring (bicyclic) bond motifs is 2. The monoisotopic (exact) mass is 313 g/mol. The van der Waals surface area contributed by atoms with E-state index in [9.17, 15) is 5.26 Å². The van der Waals surface area contributed by atoms with Gasteiger partial charge in [0.2, 0.25) is 5.82 Å². The Hall–Kier alpha value is -3.79. The minimum atomic E-state index is 0.239. The second kappa shape index (κ2) is 5.78. The summed E-state index contributed by atoms with van der Waals surface area (Å²) in [7, 11) is 0. The van der Waals surface area contributed by atoms with Crippen LogP contribution in [0.15, 0.2) is 54.7 Å². The van der Waals surface area contributed by atoms with Gasteiger partial charge in [0, 0.05) is 17.0 Å². The van der Waals surface area contributed by atoms with E-state index in [1.165, 1.54) is 0 Å². The SMILES string of the molecule is N#CC(=CNc1cccc2cc3ccccc3nc12)c1nn[nH]n1. The molecule has 0 spiro atoms. The van der Waals surface area contributed by atoms with Gasteiger partial charge >= 0.3 is 0 Å². The van der Waals surface area contributed by atoms with Crippen LogP contribution >= 0.6 is 0 Å². The first-order valence-corrected chi connectivity index (χ1v) is 7.24. The molecule has 0 atom stereocenters. The number of hydrogen-bond acceptors (Lipinski definition) is 6. The number of nitrogens with one attached hydrogen (secondary N) is 2. The number of para-hydroxylation sites is 2. The highest BCUT2D eigenvalue weighted by molar-refractivity contribution is 5.98. The van der Waals surface area contributed by atoms with Gasteiger partial charge in [-0.2, -0.15) is 10.5 Å². The molecule has 0 saturated heterocycles. The number of tetrazole rings is 1. The average Bonchev–Trinajstić information content (AvgIpc) is 3.15. The molecule has 0 radical (unpaired) electrons. The molecule has 0 aliphatic heterocycles. The van der Waals surface area contributed by atoms with E-state index in [1.54, 1.807) is 6.20 Å². The molecule has 2 heterocycles. The number of aromatic nitrogens is 5. The number of pyridine rings is 1. The lowest BCUT2D eigenvalue weighted by molar-refractivity contribution is 0.881. The Morgan fingerprint density at radius 3 is 2.83 bits per heavy atom. The molecule has 4 aromatic rings. The van der Waals surface area contributed by atoms with Crippen LogP contribution in [0.5, 0.6) is 0 Å². The fraction of sp³-hybridized carbons (Fsp3) is 0. The van der Waals surface area contributed by atoms with Crippen LogP contribution in [0.25, 0.3) is 27.4 Å². The number of allylic oxidation sites excluding steroid dienone is 1. The molecule has 2 N–H and O–H groups in total. The van der Waals surface area contributed by atoms with Gasteiger partial charge in [0.25, 0.3) is 0 Å². The Morgan fingerprint density at radius 2 is 2.00 bits per heavy atom. The number of anilines is 1. The van der Waals surface area contributed by atoms with Crippen LogP contribution in [0.1, 0.15) is 5.82 Å². The van der Waals surface area contributed by atoms with E-state index in [4.69, 9.17) is 4.98 Å². The predicted molar refractivity (Wildman–Crippen MR) is 90.6 cm³/mol. The Morgan fingerprint density at radius 1 is 1.12 bits per heavy atom. The van der Waals surface area contributed by atoms with Crippen LogP contribution in [0.2, 0.25) is 0 Å². The summed E-state index contributed by atoms with van der Waals surface area (Å²) in [5.74, 6) is 0.239. The minimum Gasteiger partial charge on any atom is -0.359 e. The second-order valence-electron chi connectivity index (χ2n) is 5.11. The first-order chi connectivity index (χ1) is 11.8. The highest BCUT2D eigenvalue weighted by atomic mass is 15.5. The molecule has 114 valence electrons. The number of aromatic amines is 1. The molecule has 7 nitrogen and oxygen atoms in total. The zero-order valence-electron chi connectivity index (χ0n) is 12.4. The molecule has 2 aromatic carbocycles. The molecule has 7 heteroatoms. The number of rotatable bonds is 3. The van der Waals surface area contributed by atoms with Crippen molar-refractivity contribution in [2.24, 2.45) is 0 Å². The molecule has 0 aliphatic carbocycles. The summed E-state index contributed by atoms with van der Waals surface area (Å²) in [5.41, 5.74) is 2.83. The van der Waals surface area contributed by atoms with Crippen molar-refractivity contribution in [3.8, 4) is 6.07 Å². The smallest absolute Gasteiger partial charge is 0.216 e. The Balaban J connectivity index is 1.79. The summed E-state index contributed by atoms with van der Waals surface area (Å²) in [6.45, 7) is 0. The number of H-pyrrole nitrogens is 1. The zero-order chi connectivity index (χ0) is 16.4. The van der Waals surface area contributed by atoms with E-state index in [2.05, 4.69) is 32.0 Å². The topological polar surface area (TPSA) is 103 Å². The molecule has 0 fully saturated rings. The van der Waals surface area contributed by atoms with Crippen LogP contribution in [-0.4, -0.2) is 25.6 Å². The van der Waals surface area contributed by atoms with Gasteiger partial charge in [-0.25, -0.2) is 4.98 Å². The van der Waals surface area contributed by atoms with Crippen molar-refractivity contribution in [3.63, 3.8) is 0 Å². The fourth-order valence-corrected chi connectivity index (χ4v) is 2.49. The lowest BCUT2D eigenvalue weighted by atomic mass is 10.1. The zero-order valence-corrected chi connectivity index (χ0v) is 12.4. The Bertz CT molecular complexity index is 1090. The fourth-order valence-electron chi connectivity index (χ4n) is 2.49. The van der Waals surface area contributed by atoms with E-state index >= 15 is 0 Å². The molecular weight excluding hydrogens is 302 g/mol. The second-order valence-corrected chi connectivity index (χ2v) is 5.11. The van der Waals surface area contributed by atoms with Crippen LogP contribution in [-0.2, 0) is 0 Å². The quantitative estimate of drug-likeness (QED) is 0.445. The van der Waals surface area contributed by atoms with Crippen molar-refractivity contribution < 1.29 is 0 Å². The largest absolute Gasteiger partial charge is 0.359 e. The first-order valence-electron chi connectivity index (χ1n) is 7.24. The van der Waals surface area contributed by atoms with E-state index in [-0.39, 0.29) is 11.4 Å². The van der Waals surface area contributed by atoms with Crippen LogP contribution in [0.3, 0.4) is 0 Å². The Kier molecular flexibility index (Phi) is 3.33. The molecule has 2 aromatic heterocycles. The van der Waals surface area contributed by atoms with Crippen molar-refractivity contribution in [3.05, 3.63) is 60.6 Å². The van der Waals surface area contributed by atoms with Crippen LogP contribution in [0, 0.1) is 11.3 Å². The van der Waals surface area contributed by atoms with Crippen molar-refractivity contribution >= 4 is 33.1 Å². The summed E-state index contributed by atoms with van der Waals surface area (Å²) >= 11 is 0. The average molecular weight is 313 g/mol. The minimum absolute atomic E-state index is 0.239. The summed E-state index contributed by atoms with van der Waals surface area (Å²) in [4.78, 5) is 4.72. The maximum atomic E-state index is 9.23. The van der Waals surface area contributed by atoms with Gasteiger partial charge in [0.05, 0.1) is 16.7 Å². The van der Waals surface area contributed by atoms with E-state index in [0.717, 1.165) is 27.5 Å². The molecule has 24 heavy (non-hydrogen) atoms. The maximum Gasteiger partial charge on any atom is 0.216 e. The standard InChI is InChI=1S/C17H11N7/c18-9-13(17-21-23-24-22-17)10-19-15-7-3-5-12-8-11-4-1-2-6-14(11)20-16(12)15/h1-8,10,19H,(H,21,22,23,24). The lowest BCUT2D eigenvalue weighted by Crippen LogP contribution is -1.95. The van der Waals surface area contributed by atoms with E-state index in [0.29, 0.717) is 0 Å². The summed E-state index contributed by atoms with van der Waals surface area (Å²) in [6, 6.07) is 18.0. The van der Waals surface area contributed by atoms with Crippen molar-refractivity contribution in [2.75, 3.05) is 5.32 Å². The van der Waals surface area contributed by atoms with E-state index < -0.39 is 0 Å². The number of nitriles is 1. The predicted octanol–water partition coefficient (Wildman–Crippen LogP) is 2.88. The van der Waals surface area contributed by atoms with Gasteiger partial charge < -0.3 is 5.32 Å². The highest BCUT2D eigenvalue weighted by Gasteiger charge is 2.07. The molecule has 0 unspecified atom stereocenters. The summed E-state index contributed by atoms with van der Waals surface area (Å²) in [6.07, 6.45) is 1.55. The third-order valence-corrected chi connectivity index (χ3v) is 3.63. The van der Waals surface area contributed by atoms with Gasteiger partial charge in [-0.15, -0.1) is 10.2 Å². The third kappa shape index (κ3) is 2.42. The summed E-state index contributed by atoms with van der Waals surface area (Å²) in [5, 5.41) is 27.9. The Labute approximate surface area is 136 Å². The molecule has 4 rings (SSSR count). The molecule has 0 bridgehead atoms. The van der Waals surface area contributed by atoms with E-state index in [1.807, 2.05) is 48.5 Å². The molecular formula is C17H11N7. The van der Waals surface area contributed by atoms with Crippen molar-refractivity contribution in [1.29, 1.82) is 5.26 Å². The number of hydrogen-bond donors (Lipinski definition) is 2. The van der Waals surface area contributed by atoms with Crippen LogP contribution < -0.4 is 5.32 Å². The number of nitrogens with zero attached hydrogens (tertiary/aromatic N) is 5. The van der Waals surface area contributed by atoms with Gasteiger partial charge in [-0.1, -0.05) is 30.3 Å². The molecule has 0 aliphatic rings. The van der Waals surface area contributed by atoms with Gasteiger partial charge in [0.1, 0.15) is 11.6 Å².